The minimum atomic E-state index is -3.91. The van der Waals surface area contributed by atoms with Crippen LogP contribution in [-0.2, 0) is 0 Å². The average molecular weight is 267 g/mol. The zero-order valence-electron chi connectivity index (χ0n) is 9.95. The number of hydrogen-bond acceptors (Lipinski definition) is 2. The van der Waals surface area contributed by atoms with E-state index >= 15 is 0 Å². The van der Waals surface area contributed by atoms with Crippen LogP contribution in [0, 0.1) is 0 Å². The Hall–Kier alpha value is 0.640. The zero-order chi connectivity index (χ0) is 11.7. The molecule has 4 heteroatoms. The first-order valence-corrected chi connectivity index (χ1v) is 9.90. The van der Waals surface area contributed by atoms with E-state index in [4.69, 9.17) is 11.2 Å². The van der Waals surface area contributed by atoms with Gasteiger partial charge in [-0.25, -0.2) is 0 Å². The molecule has 96 valence electrons. The van der Waals surface area contributed by atoms with Crippen molar-refractivity contribution in [1.29, 1.82) is 0 Å². The monoisotopic (exact) mass is 266 g/mol. The third kappa shape index (κ3) is 2.56. The van der Waals surface area contributed by atoms with Crippen molar-refractivity contribution in [3.8, 4) is 0 Å². The molecule has 0 saturated heterocycles. The molecule has 2 aliphatic rings. The predicted octanol–water partition coefficient (Wildman–Crippen LogP) is 4.17. The molecule has 0 spiro atoms. The van der Waals surface area contributed by atoms with E-state index in [0.29, 0.717) is 0 Å². The molecule has 2 saturated carbocycles. The van der Waals surface area contributed by atoms with Gasteiger partial charge < -0.3 is 0 Å². The van der Waals surface area contributed by atoms with Crippen LogP contribution in [0.15, 0.2) is 0 Å². The predicted molar refractivity (Wildman–Crippen MR) is 71.0 cm³/mol. The third-order valence-corrected chi connectivity index (χ3v) is 9.89. The van der Waals surface area contributed by atoms with Crippen molar-refractivity contribution in [1.82, 2.24) is 0 Å². The second-order valence-corrected chi connectivity index (χ2v) is 11.3. The quantitative estimate of drug-likeness (QED) is 0.737. The summed E-state index contributed by atoms with van der Waals surface area (Å²) in [5, 5.41) is 0. The van der Waals surface area contributed by atoms with E-state index in [1.165, 1.54) is 12.8 Å². The van der Waals surface area contributed by atoms with E-state index in [1.54, 1.807) is 0 Å². The second-order valence-electron chi connectivity index (χ2n) is 5.63. The van der Waals surface area contributed by atoms with E-state index in [-0.39, 0.29) is 11.3 Å². The summed E-state index contributed by atoms with van der Waals surface area (Å²) in [4.78, 5) is 21.4. The molecule has 2 nitrogen and oxygen atoms in total. The van der Waals surface area contributed by atoms with Gasteiger partial charge in [-0.15, -0.1) is 0 Å². The molecule has 0 aromatic rings. The summed E-state index contributed by atoms with van der Waals surface area (Å²) >= 11 is 6.39. The molecule has 2 N–H and O–H groups in total. The summed E-state index contributed by atoms with van der Waals surface area (Å²) in [5.74, 6) is 0. The molecule has 0 unspecified atom stereocenters. The van der Waals surface area contributed by atoms with Gasteiger partial charge in [-0.2, -0.15) is 0 Å². The summed E-state index contributed by atoms with van der Waals surface area (Å²) in [6.45, 7) is 0. The molecule has 0 atom stereocenters. The van der Waals surface area contributed by atoms with Crippen molar-refractivity contribution in [3.05, 3.63) is 0 Å². The van der Waals surface area contributed by atoms with Crippen molar-refractivity contribution in [2.75, 3.05) is 0 Å². The molecule has 16 heavy (non-hydrogen) atoms. The molecule has 2 fully saturated rings. The zero-order valence-corrected chi connectivity index (χ0v) is 11.6. The van der Waals surface area contributed by atoms with Gasteiger partial charge in [-0.05, 0) is 0 Å². The van der Waals surface area contributed by atoms with E-state index in [0.717, 1.165) is 51.4 Å². The standard InChI is InChI=1S/C12H24ClO2P/c13-16(14,15,11-7-3-1-4-8-11)12-9-5-2-6-10-12/h11-12,14-15H,1-10H2. The Morgan fingerprint density at radius 3 is 1.31 bits per heavy atom. The van der Waals surface area contributed by atoms with Crippen LogP contribution in [0.2, 0.25) is 0 Å². The normalized spacial score (nSPS) is 28.6. The molecule has 2 rings (SSSR count). The first-order chi connectivity index (χ1) is 7.49. The molecule has 0 heterocycles. The van der Waals surface area contributed by atoms with Crippen LogP contribution in [0.25, 0.3) is 0 Å². The minimum absolute atomic E-state index is 0.00971. The number of rotatable bonds is 2. The van der Waals surface area contributed by atoms with E-state index in [1.807, 2.05) is 0 Å². The average Bonchev–Trinajstić information content (AvgIpc) is 2.31. The summed E-state index contributed by atoms with van der Waals surface area (Å²) < 4.78 is 0. The fourth-order valence-electron chi connectivity index (χ4n) is 3.42. The van der Waals surface area contributed by atoms with Crippen LogP contribution < -0.4 is 0 Å². The van der Waals surface area contributed by atoms with Crippen LogP contribution in [0.1, 0.15) is 64.2 Å². The third-order valence-electron chi connectivity index (χ3n) is 4.50. The Morgan fingerprint density at radius 1 is 0.688 bits per heavy atom. The fraction of sp³-hybridized carbons (Fsp3) is 1.00. The second kappa shape index (κ2) is 4.72. The summed E-state index contributed by atoms with van der Waals surface area (Å²) in [7, 11) is 0. The molecule has 0 aromatic heterocycles. The topological polar surface area (TPSA) is 40.5 Å². The molecule has 0 bridgehead atoms. The van der Waals surface area contributed by atoms with Gasteiger partial charge in [0.15, 0.2) is 0 Å². The van der Waals surface area contributed by atoms with E-state index in [9.17, 15) is 9.79 Å². The molecular weight excluding hydrogens is 243 g/mol. The van der Waals surface area contributed by atoms with Crippen molar-refractivity contribution in [3.63, 3.8) is 0 Å². The van der Waals surface area contributed by atoms with Crippen molar-refractivity contribution in [2.45, 2.75) is 75.5 Å². The van der Waals surface area contributed by atoms with Crippen molar-refractivity contribution >= 4 is 17.7 Å². The van der Waals surface area contributed by atoms with Gasteiger partial charge in [0.05, 0.1) is 0 Å². The van der Waals surface area contributed by atoms with Crippen LogP contribution >= 0.6 is 17.7 Å². The SMILES string of the molecule is OP(O)(Cl)(C1CCCCC1)C1CCCCC1. The maximum absolute atomic E-state index is 10.7. The summed E-state index contributed by atoms with van der Waals surface area (Å²) in [5.41, 5.74) is -0.0194. The first kappa shape index (κ1) is 13.1. The van der Waals surface area contributed by atoms with Gasteiger partial charge in [0.1, 0.15) is 0 Å². The van der Waals surface area contributed by atoms with Gasteiger partial charge in [-0.3, -0.25) is 0 Å². The molecule has 0 aromatic carbocycles. The molecule has 0 aliphatic heterocycles. The first-order valence-electron chi connectivity index (χ1n) is 6.72. The van der Waals surface area contributed by atoms with Gasteiger partial charge in [0.25, 0.3) is 0 Å². The van der Waals surface area contributed by atoms with Crippen molar-refractivity contribution < 1.29 is 9.79 Å². The van der Waals surface area contributed by atoms with Gasteiger partial charge in [-0.1, -0.05) is 0 Å². The van der Waals surface area contributed by atoms with Crippen LogP contribution in [0.4, 0.5) is 0 Å². The Kier molecular flexibility index (Phi) is 3.86. The van der Waals surface area contributed by atoms with E-state index in [2.05, 4.69) is 0 Å². The van der Waals surface area contributed by atoms with Gasteiger partial charge >= 0.3 is 103 Å². The number of hydrogen-bond donors (Lipinski definition) is 2. The molecule has 0 amide bonds. The Balaban J connectivity index is 2.10. The molecule has 2 aliphatic carbocycles. The number of halogens is 1. The van der Waals surface area contributed by atoms with E-state index < -0.39 is 6.41 Å². The van der Waals surface area contributed by atoms with Crippen molar-refractivity contribution in [2.24, 2.45) is 0 Å². The van der Waals surface area contributed by atoms with Crippen LogP contribution in [0.5, 0.6) is 0 Å². The maximum atomic E-state index is 10.7. The fourth-order valence-corrected chi connectivity index (χ4v) is 7.82. The summed E-state index contributed by atoms with van der Waals surface area (Å²) in [6, 6.07) is 0. The summed E-state index contributed by atoms with van der Waals surface area (Å²) in [6.07, 6.45) is 6.69. The van der Waals surface area contributed by atoms with Gasteiger partial charge in [0, 0.05) is 0 Å². The molecule has 0 radical (unpaired) electrons. The van der Waals surface area contributed by atoms with Gasteiger partial charge in [0.2, 0.25) is 0 Å². The Bertz CT molecular complexity index is 215. The Morgan fingerprint density at radius 2 is 1.00 bits per heavy atom. The molecular formula is C12H24ClO2P. The van der Waals surface area contributed by atoms with Crippen LogP contribution in [0.3, 0.4) is 0 Å². The Labute approximate surface area is 103 Å². The van der Waals surface area contributed by atoms with Crippen LogP contribution in [-0.4, -0.2) is 21.1 Å².